The van der Waals surface area contributed by atoms with Crippen molar-refractivity contribution < 1.29 is 4.79 Å². The van der Waals surface area contributed by atoms with Gasteiger partial charge in [-0.05, 0) is 32.0 Å². The molecule has 1 unspecified atom stereocenters. The molecular weight excluding hydrogens is 412 g/mol. The number of hydrogen-bond donors (Lipinski definition) is 1. The Morgan fingerprint density at radius 1 is 1.31 bits per heavy atom. The molecule has 7 heteroatoms. The van der Waals surface area contributed by atoms with Gasteiger partial charge in [0.1, 0.15) is 0 Å². The van der Waals surface area contributed by atoms with Gasteiger partial charge in [-0.3, -0.25) is 4.79 Å². The van der Waals surface area contributed by atoms with Gasteiger partial charge in [0.25, 0.3) is 5.91 Å². The van der Waals surface area contributed by atoms with Crippen LogP contribution in [0.15, 0.2) is 40.3 Å². The van der Waals surface area contributed by atoms with E-state index < -0.39 is 0 Å². The summed E-state index contributed by atoms with van der Waals surface area (Å²) >= 11 is 5.10. The van der Waals surface area contributed by atoms with Crippen molar-refractivity contribution in [2.24, 2.45) is 0 Å². The van der Waals surface area contributed by atoms with Gasteiger partial charge in [-0.25, -0.2) is 9.67 Å². The van der Waals surface area contributed by atoms with E-state index in [2.05, 4.69) is 45.2 Å². The van der Waals surface area contributed by atoms with Crippen LogP contribution in [0.4, 0.5) is 0 Å². The van der Waals surface area contributed by atoms with Crippen LogP contribution >= 0.6 is 27.3 Å². The SMILES string of the molecule is Cc1c(C(=O)NC(C)c2csc(C(C)C)n2)cnn1-c1cccc(Br)c1. The average molecular weight is 433 g/mol. The molecule has 0 aliphatic rings. The minimum atomic E-state index is -0.153. The second-order valence-electron chi connectivity index (χ2n) is 6.50. The highest BCUT2D eigenvalue weighted by Gasteiger charge is 2.19. The lowest BCUT2D eigenvalue weighted by Crippen LogP contribution is -2.27. The second kappa shape index (κ2) is 7.72. The normalized spacial score (nSPS) is 12.4. The van der Waals surface area contributed by atoms with Crippen LogP contribution in [0.3, 0.4) is 0 Å². The van der Waals surface area contributed by atoms with E-state index in [0.29, 0.717) is 11.5 Å². The molecule has 26 heavy (non-hydrogen) atoms. The van der Waals surface area contributed by atoms with E-state index in [1.807, 2.05) is 43.5 Å². The fourth-order valence-corrected chi connectivity index (χ4v) is 3.93. The van der Waals surface area contributed by atoms with E-state index in [9.17, 15) is 4.79 Å². The van der Waals surface area contributed by atoms with Crippen LogP contribution in [-0.4, -0.2) is 20.7 Å². The molecule has 0 bridgehead atoms. The molecule has 2 heterocycles. The number of rotatable bonds is 5. The van der Waals surface area contributed by atoms with Gasteiger partial charge in [-0.2, -0.15) is 5.10 Å². The number of benzene rings is 1. The van der Waals surface area contributed by atoms with Crippen LogP contribution in [0.2, 0.25) is 0 Å². The fourth-order valence-electron chi connectivity index (χ4n) is 2.61. The zero-order valence-corrected chi connectivity index (χ0v) is 17.6. The van der Waals surface area contributed by atoms with Gasteiger partial charge >= 0.3 is 0 Å². The smallest absolute Gasteiger partial charge is 0.255 e. The highest BCUT2D eigenvalue weighted by atomic mass is 79.9. The summed E-state index contributed by atoms with van der Waals surface area (Å²) in [6.45, 7) is 8.08. The van der Waals surface area contributed by atoms with E-state index in [0.717, 1.165) is 26.6 Å². The molecule has 0 spiro atoms. The topological polar surface area (TPSA) is 59.8 Å². The number of nitrogens with zero attached hydrogens (tertiary/aromatic N) is 3. The van der Waals surface area contributed by atoms with Crippen LogP contribution in [0.1, 0.15) is 59.5 Å². The number of carbonyl (C=O) groups excluding carboxylic acids is 1. The predicted octanol–water partition coefficient (Wildman–Crippen LogP) is 5.01. The molecular formula is C19H21BrN4OS. The third kappa shape index (κ3) is 3.88. The molecule has 3 rings (SSSR count). The Morgan fingerprint density at radius 2 is 2.08 bits per heavy atom. The van der Waals surface area contributed by atoms with Gasteiger partial charge in [0.05, 0.1) is 39.9 Å². The summed E-state index contributed by atoms with van der Waals surface area (Å²) < 4.78 is 2.73. The third-order valence-electron chi connectivity index (χ3n) is 4.13. The van der Waals surface area contributed by atoms with Crippen molar-refractivity contribution in [2.45, 2.75) is 39.7 Å². The number of carbonyl (C=O) groups is 1. The van der Waals surface area contributed by atoms with Crippen molar-refractivity contribution in [3.05, 3.63) is 62.3 Å². The molecule has 0 fully saturated rings. The quantitative estimate of drug-likeness (QED) is 0.615. The second-order valence-corrected chi connectivity index (χ2v) is 8.30. The zero-order valence-electron chi connectivity index (χ0n) is 15.2. The van der Waals surface area contributed by atoms with Crippen LogP contribution in [0.5, 0.6) is 0 Å². The number of nitrogens with one attached hydrogen (secondary N) is 1. The summed E-state index contributed by atoms with van der Waals surface area (Å²) in [6, 6.07) is 7.67. The van der Waals surface area contributed by atoms with Crippen molar-refractivity contribution in [1.29, 1.82) is 0 Å². The van der Waals surface area contributed by atoms with Crippen molar-refractivity contribution in [1.82, 2.24) is 20.1 Å². The molecule has 0 radical (unpaired) electrons. The summed E-state index contributed by atoms with van der Waals surface area (Å²) in [5.41, 5.74) is 3.17. The van der Waals surface area contributed by atoms with Gasteiger partial charge in [0.2, 0.25) is 0 Å². The largest absolute Gasteiger partial charge is 0.344 e. The van der Waals surface area contributed by atoms with E-state index in [-0.39, 0.29) is 11.9 Å². The maximum Gasteiger partial charge on any atom is 0.255 e. The summed E-state index contributed by atoms with van der Waals surface area (Å²) in [5, 5.41) is 10.5. The van der Waals surface area contributed by atoms with E-state index in [1.54, 1.807) is 22.2 Å². The molecule has 0 saturated heterocycles. The maximum absolute atomic E-state index is 12.7. The first-order chi connectivity index (χ1) is 12.4. The molecule has 0 aliphatic carbocycles. The number of amides is 1. The molecule has 1 N–H and O–H groups in total. The van der Waals surface area contributed by atoms with Crippen LogP contribution < -0.4 is 5.32 Å². The fraction of sp³-hybridized carbons (Fsp3) is 0.316. The highest BCUT2D eigenvalue weighted by molar-refractivity contribution is 9.10. The first-order valence-electron chi connectivity index (χ1n) is 8.43. The lowest BCUT2D eigenvalue weighted by Gasteiger charge is -2.12. The highest BCUT2D eigenvalue weighted by Crippen LogP contribution is 2.23. The summed E-state index contributed by atoms with van der Waals surface area (Å²) in [5.74, 6) is 0.248. The molecule has 0 aliphatic heterocycles. The molecule has 2 aromatic heterocycles. The first-order valence-corrected chi connectivity index (χ1v) is 10.1. The van der Waals surface area contributed by atoms with Crippen molar-refractivity contribution in [2.75, 3.05) is 0 Å². The summed E-state index contributed by atoms with van der Waals surface area (Å²) in [4.78, 5) is 17.3. The van der Waals surface area contributed by atoms with Gasteiger partial charge in [0, 0.05) is 15.8 Å². The number of hydrogen-bond acceptors (Lipinski definition) is 4. The van der Waals surface area contributed by atoms with E-state index in [4.69, 9.17) is 0 Å². The molecule has 5 nitrogen and oxygen atoms in total. The Kier molecular flexibility index (Phi) is 5.58. The molecule has 136 valence electrons. The monoisotopic (exact) mass is 432 g/mol. The Hall–Kier alpha value is -1.99. The lowest BCUT2D eigenvalue weighted by molar-refractivity contribution is 0.0938. The number of aromatic nitrogens is 3. The Labute approximate surface area is 165 Å². The zero-order chi connectivity index (χ0) is 18.8. The maximum atomic E-state index is 12.7. The van der Waals surface area contributed by atoms with Crippen LogP contribution in [0.25, 0.3) is 5.69 Å². The van der Waals surface area contributed by atoms with E-state index >= 15 is 0 Å². The molecule has 1 atom stereocenters. The molecule has 1 aromatic carbocycles. The van der Waals surface area contributed by atoms with Gasteiger partial charge < -0.3 is 5.32 Å². The van der Waals surface area contributed by atoms with Crippen molar-refractivity contribution >= 4 is 33.2 Å². The van der Waals surface area contributed by atoms with Gasteiger partial charge in [-0.15, -0.1) is 11.3 Å². The molecule has 1 amide bonds. The molecule has 3 aromatic rings. The molecule has 0 saturated carbocycles. The van der Waals surface area contributed by atoms with E-state index in [1.165, 1.54) is 0 Å². The minimum Gasteiger partial charge on any atom is -0.344 e. The number of halogens is 1. The van der Waals surface area contributed by atoms with Crippen LogP contribution in [-0.2, 0) is 0 Å². The Morgan fingerprint density at radius 3 is 2.73 bits per heavy atom. The van der Waals surface area contributed by atoms with Gasteiger partial charge in [-0.1, -0.05) is 35.8 Å². The Bertz CT molecular complexity index is 931. The van der Waals surface area contributed by atoms with Crippen molar-refractivity contribution in [3.8, 4) is 5.69 Å². The minimum absolute atomic E-state index is 0.143. The van der Waals surface area contributed by atoms with Gasteiger partial charge in [0.15, 0.2) is 0 Å². The predicted molar refractivity (Wildman–Crippen MR) is 108 cm³/mol. The number of thiazole rings is 1. The third-order valence-corrected chi connectivity index (χ3v) is 5.79. The van der Waals surface area contributed by atoms with Crippen LogP contribution in [0, 0.1) is 6.92 Å². The summed E-state index contributed by atoms with van der Waals surface area (Å²) in [7, 11) is 0. The average Bonchev–Trinajstić information content (AvgIpc) is 3.21. The first kappa shape index (κ1) is 18.8. The lowest BCUT2D eigenvalue weighted by atomic mass is 10.2. The summed E-state index contributed by atoms with van der Waals surface area (Å²) in [6.07, 6.45) is 1.61. The standard InChI is InChI=1S/C19H21BrN4OS/c1-11(2)19-23-17(10-26-19)12(3)22-18(25)16-9-21-24(13(16)4)15-7-5-6-14(20)8-15/h5-12H,1-4H3,(H,22,25). The van der Waals surface area contributed by atoms with Crippen molar-refractivity contribution in [3.63, 3.8) is 0 Å². The Balaban J connectivity index is 1.78.